The summed E-state index contributed by atoms with van der Waals surface area (Å²) in [6.07, 6.45) is 1.04. The molecule has 0 saturated carbocycles. The first-order valence-corrected chi connectivity index (χ1v) is 7.92. The molecule has 1 unspecified atom stereocenters. The first-order chi connectivity index (χ1) is 9.99. The molecule has 0 spiro atoms. The van der Waals surface area contributed by atoms with Crippen LogP contribution in [0.3, 0.4) is 0 Å². The number of rotatable bonds is 9. The predicted molar refractivity (Wildman–Crippen MR) is 89.5 cm³/mol. The number of anilines is 1. The molecule has 1 rings (SSSR count). The molecule has 0 fully saturated rings. The third-order valence-electron chi connectivity index (χ3n) is 3.74. The van der Waals surface area contributed by atoms with Gasteiger partial charge in [-0.05, 0) is 65.1 Å². The van der Waals surface area contributed by atoms with E-state index in [9.17, 15) is 4.39 Å². The largest absolute Gasteiger partial charge is 0.369 e. The highest BCUT2D eigenvalue weighted by Gasteiger charge is 2.12. The summed E-state index contributed by atoms with van der Waals surface area (Å²) in [6.45, 7) is 9.81. The normalized spacial score (nSPS) is 12.7. The van der Waals surface area contributed by atoms with Gasteiger partial charge in [0.15, 0.2) is 0 Å². The highest BCUT2D eigenvalue weighted by atomic mass is 19.1. The summed E-state index contributed by atoms with van der Waals surface area (Å²) in [5.74, 6) is -0.121. The Balaban J connectivity index is 2.76. The number of benzene rings is 1. The minimum absolute atomic E-state index is 0.121. The van der Waals surface area contributed by atoms with E-state index in [4.69, 9.17) is 0 Å². The lowest BCUT2D eigenvalue weighted by Gasteiger charge is -2.25. The van der Waals surface area contributed by atoms with Gasteiger partial charge in [-0.2, -0.15) is 0 Å². The van der Waals surface area contributed by atoms with E-state index in [-0.39, 0.29) is 11.9 Å². The van der Waals surface area contributed by atoms with Crippen molar-refractivity contribution >= 4 is 5.69 Å². The van der Waals surface area contributed by atoms with Gasteiger partial charge < -0.3 is 15.1 Å². The van der Waals surface area contributed by atoms with Gasteiger partial charge in [-0.1, -0.05) is 13.0 Å². The third-order valence-corrected chi connectivity index (χ3v) is 3.74. The molecule has 0 amide bonds. The Morgan fingerprint density at radius 2 is 1.90 bits per heavy atom. The zero-order chi connectivity index (χ0) is 15.8. The molecular formula is C17H30FN3. The van der Waals surface area contributed by atoms with Gasteiger partial charge in [0.2, 0.25) is 0 Å². The Labute approximate surface area is 129 Å². The second kappa shape index (κ2) is 9.00. The van der Waals surface area contributed by atoms with Crippen molar-refractivity contribution in [2.45, 2.75) is 33.2 Å². The van der Waals surface area contributed by atoms with E-state index in [1.807, 2.05) is 12.1 Å². The Hall–Kier alpha value is -1.13. The summed E-state index contributed by atoms with van der Waals surface area (Å²) in [4.78, 5) is 4.27. The summed E-state index contributed by atoms with van der Waals surface area (Å²) in [5, 5.41) is 3.31. The Morgan fingerprint density at radius 3 is 2.43 bits per heavy atom. The van der Waals surface area contributed by atoms with E-state index in [0.29, 0.717) is 5.69 Å². The Bertz CT molecular complexity index is 420. The minimum atomic E-state index is -0.121. The van der Waals surface area contributed by atoms with E-state index >= 15 is 0 Å². The Kier molecular flexibility index (Phi) is 7.68. The second-order valence-corrected chi connectivity index (χ2v) is 5.73. The first kappa shape index (κ1) is 17.9. The van der Waals surface area contributed by atoms with Gasteiger partial charge >= 0.3 is 0 Å². The highest BCUT2D eigenvalue weighted by molar-refractivity contribution is 5.49. The van der Waals surface area contributed by atoms with E-state index < -0.39 is 0 Å². The molecule has 0 aliphatic heterocycles. The SMILES string of the molecule is CCNC(C)c1ccc(N(CC)CCCN(C)C)c(F)c1. The van der Waals surface area contributed by atoms with Crippen LogP contribution in [0.25, 0.3) is 0 Å². The number of hydrogen-bond acceptors (Lipinski definition) is 3. The van der Waals surface area contributed by atoms with Crippen LogP contribution >= 0.6 is 0 Å². The molecule has 1 N–H and O–H groups in total. The molecule has 0 radical (unpaired) electrons. The quantitative estimate of drug-likeness (QED) is 0.754. The zero-order valence-corrected chi connectivity index (χ0v) is 14.1. The van der Waals surface area contributed by atoms with Crippen LogP contribution in [-0.4, -0.2) is 45.2 Å². The average Bonchev–Trinajstić information content (AvgIpc) is 2.44. The van der Waals surface area contributed by atoms with Gasteiger partial charge in [0.05, 0.1) is 5.69 Å². The third kappa shape index (κ3) is 5.64. The zero-order valence-electron chi connectivity index (χ0n) is 14.1. The summed E-state index contributed by atoms with van der Waals surface area (Å²) >= 11 is 0. The topological polar surface area (TPSA) is 18.5 Å². The van der Waals surface area contributed by atoms with Crippen LogP contribution in [0.4, 0.5) is 10.1 Å². The summed E-state index contributed by atoms with van der Waals surface area (Å²) < 4.78 is 14.4. The molecule has 1 aromatic carbocycles. The van der Waals surface area contributed by atoms with Crippen LogP contribution in [0.2, 0.25) is 0 Å². The monoisotopic (exact) mass is 295 g/mol. The molecule has 0 aromatic heterocycles. The molecule has 0 aliphatic carbocycles. The van der Waals surface area contributed by atoms with Gasteiger partial charge in [0, 0.05) is 19.1 Å². The van der Waals surface area contributed by atoms with Gasteiger partial charge in [-0.3, -0.25) is 0 Å². The molecule has 120 valence electrons. The van der Waals surface area contributed by atoms with Gasteiger partial charge in [0.25, 0.3) is 0 Å². The van der Waals surface area contributed by atoms with Crippen molar-refractivity contribution in [3.05, 3.63) is 29.6 Å². The first-order valence-electron chi connectivity index (χ1n) is 7.92. The number of nitrogens with one attached hydrogen (secondary N) is 1. The predicted octanol–water partition coefficient (Wildman–Crippen LogP) is 3.27. The van der Waals surface area contributed by atoms with Crippen LogP contribution in [0.1, 0.15) is 38.8 Å². The van der Waals surface area contributed by atoms with Crippen molar-refractivity contribution in [2.75, 3.05) is 45.2 Å². The second-order valence-electron chi connectivity index (χ2n) is 5.73. The average molecular weight is 295 g/mol. The van der Waals surface area contributed by atoms with Crippen LogP contribution in [0, 0.1) is 5.82 Å². The molecular weight excluding hydrogens is 265 g/mol. The van der Waals surface area contributed by atoms with E-state index in [2.05, 4.69) is 50.0 Å². The van der Waals surface area contributed by atoms with Crippen molar-refractivity contribution in [2.24, 2.45) is 0 Å². The van der Waals surface area contributed by atoms with E-state index in [1.165, 1.54) is 0 Å². The molecule has 0 heterocycles. The van der Waals surface area contributed by atoms with Gasteiger partial charge in [-0.25, -0.2) is 4.39 Å². The van der Waals surface area contributed by atoms with Crippen molar-refractivity contribution in [1.82, 2.24) is 10.2 Å². The maximum absolute atomic E-state index is 14.4. The minimum Gasteiger partial charge on any atom is -0.369 e. The summed E-state index contributed by atoms with van der Waals surface area (Å²) in [7, 11) is 4.13. The standard InChI is InChI=1S/C17H30FN3/c1-6-19-14(3)15-9-10-17(16(18)13-15)21(7-2)12-8-11-20(4)5/h9-10,13-14,19H,6-8,11-12H2,1-5H3. The molecule has 3 nitrogen and oxygen atoms in total. The molecule has 0 bridgehead atoms. The number of halogens is 1. The lowest BCUT2D eigenvalue weighted by molar-refractivity contribution is 0.400. The highest BCUT2D eigenvalue weighted by Crippen LogP contribution is 2.23. The molecule has 0 aliphatic rings. The van der Waals surface area contributed by atoms with Gasteiger partial charge in [0.1, 0.15) is 5.82 Å². The lowest BCUT2D eigenvalue weighted by Crippen LogP contribution is -2.28. The van der Waals surface area contributed by atoms with Crippen molar-refractivity contribution in [3.63, 3.8) is 0 Å². The Morgan fingerprint density at radius 1 is 1.19 bits per heavy atom. The smallest absolute Gasteiger partial charge is 0.146 e. The fourth-order valence-electron chi connectivity index (χ4n) is 2.50. The summed E-state index contributed by atoms with van der Waals surface area (Å²) in [5.41, 5.74) is 1.71. The van der Waals surface area contributed by atoms with E-state index in [1.54, 1.807) is 6.07 Å². The van der Waals surface area contributed by atoms with Crippen LogP contribution < -0.4 is 10.2 Å². The maximum atomic E-state index is 14.4. The van der Waals surface area contributed by atoms with Gasteiger partial charge in [-0.15, -0.1) is 0 Å². The molecule has 1 atom stereocenters. The van der Waals surface area contributed by atoms with Crippen molar-refractivity contribution < 1.29 is 4.39 Å². The van der Waals surface area contributed by atoms with Crippen LogP contribution in [0.5, 0.6) is 0 Å². The fraction of sp³-hybridized carbons (Fsp3) is 0.647. The maximum Gasteiger partial charge on any atom is 0.146 e. The molecule has 4 heteroatoms. The van der Waals surface area contributed by atoms with Crippen LogP contribution in [-0.2, 0) is 0 Å². The lowest BCUT2D eigenvalue weighted by atomic mass is 10.1. The number of nitrogens with zero attached hydrogens (tertiary/aromatic N) is 2. The van der Waals surface area contributed by atoms with E-state index in [0.717, 1.165) is 38.2 Å². The number of hydrogen-bond donors (Lipinski definition) is 1. The fourth-order valence-corrected chi connectivity index (χ4v) is 2.50. The molecule has 0 saturated heterocycles. The molecule has 21 heavy (non-hydrogen) atoms. The van der Waals surface area contributed by atoms with Crippen molar-refractivity contribution in [1.29, 1.82) is 0 Å². The van der Waals surface area contributed by atoms with Crippen LogP contribution in [0.15, 0.2) is 18.2 Å². The molecule has 1 aromatic rings. The van der Waals surface area contributed by atoms with Crippen molar-refractivity contribution in [3.8, 4) is 0 Å². The summed E-state index contributed by atoms with van der Waals surface area (Å²) in [6, 6.07) is 5.79.